The molecule has 0 unspecified atom stereocenters. The number of benzene rings is 1. The number of piperazine rings is 1. The van der Waals surface area contributed by atoms with E-state index in [1.54, 1.807) is 9.47 Å². The number of carbonyl (C=O) groups is 2. The second-order valence-electron chi connectivity index (χ2n) is 7.13. The number of rotatable bonds is 6. The summed E-state index contributed by atoms with van der Waals surface area (Å²) in [5.74, 6) is 0.102. The fourth-order valence-electron chi connectivity index (χ4n) is 3.39. The number of halogens is 1. The Morgan fingerprint density at radius 1 is 1.13 bits per heavy atom. The number of carbonyl (C=O) groups excluding carboxylic acids is 2. The number of hydrogen-bond donors (Lipinski definition) is 2. The van der Waals surface area contributed by atoms with Crippen molar-refractivity contribution in [2.24, 2.45) is 0 Å². The van der Waals surface area contributed by atoms with Crippen molar-refractivity contribution in [1.82, 2.24) is 24.6 Å². The minimum absolute atomic E-state index is 0.0364. The molecule has 3 heterocycles. The van der Waals surface area contributed by atoms with Gasteiger partial charge in [-0.2, -0.15) is 5.10 Å². The molecular formula is C20H21FN6O2S2. The average molecular weight is 461 g/mol. The van der Waals surface area contributed by atoms with Crippen molar-refractivity contribution in [3.05, 3.63) is 52.4 Å². The Balaban J connectivity index is 1.29. The topological polar surface area (TPSA) is 86.3 Å². The molecule has 8 nitrogen and oxygen atoms in total. The van der Waals surface area contributed by atoms with E-state index >= 15 is 0 Å². The highest BCUT2D eigenvalue weighted by Crippen LogP contribution is 2.23. The van der Waals surface area contributed by atoms with Crippen LogP contribution in [-0.2, 0) is 16.1 Å². The van der Waals surface area contributed by atoms with Gasteiger partial charge in [-0.15, -0.1) is 11.3 Å². The number of aromatic amines is 1. The van der Waals surface area contributed by atoms with E-state index in [1.165, 1.54) is 35.6 Å². The zero-order valence-corrected chi connectivity index (χ0v) is 18.2. The van der Waals surface area contributed by atoms with Gasteiger partial charge in [0.2, 0.25) is 11.8 Å². The zero-order chi connectivity index (χ0) is 21.8. The summed E-state index contributed by atoms with van der Waals surface area (Å²) in [5.41, 5.74) is 0.554. The molecule has 1 aromatic carbocycles. The van der Waals surface area contributed by atoms with Crippen molar-refractivity contribution in [3.63, 3.8) is 0 Å². The first-order chi connectivity index (χ1) is 15.0. The van der Waals surface area contributed by atoms with Crippen molar-refractivity contribution in [2.45, 2.75) is 6.54 Å². The highest BCUT2D eigenvalue weighted by Gasteiger charge is 2.24. The van der Waals surface area contributed by atoms with Crippen LogP contribution in [0.5, 0.6) is 0 Å². The first-order valence-corrected chi connectivity index (χ1v) is 11.0. The van der Waals surface area contributed by atoms with Crippen LogP contribution in [0.2, 0.25) is 0 Å². The van der Waals surface area contributed by atoms with Crippen molar-refractivity contribution >= 4 is 41.1 Å². The van der Waals surface area contributed by atoms with Crippen LogP contribution < -0.4 is 5.32 Å². The summed E-state index contributed by atoms with van der Waals surface area (Å²) >= 11 is 6.83. The number of H-pyrrole nitrogens is 1. The second-order valence-corrected chi connectivity index (χ2v) is 8.46. The highest BCUT2D eigenvalue weighted by atomic mass is 32.1. The molecule has 0 radical (unpaired) electrons. The van der Waals surface area contributed by atoms with Gasteiger partial charge in [-0.3, -0.25) is 24.2 Å². The molecule has 1 fully saturated rings. The van der Waals surface area contributed by atoms with Crippen LogP contribution in [0.4, 0.5) is 10.1 Å². The molecule has 3 aromatic rings. The summed E-state index contributed by atoms with van der Waals surface area (Å²) in [6.45, 7) is 2.58. The number of nitrogens with zero attached hydrogens (tertiary/aromatic N) is 4. The predicted octanol–water partition coefficient (Wildman–Crippen LogP) is 2.59. The molecule has 1 saturated heterocycles. The van der Waals surface area contributed by atoms with Gasteiger partial charge in [0, 0.05) is 31.9 Å². The van der Waals surface area contributed by atoms with E-state index in [0.29, 0.717) is 42.5 Å². The lowest BCUT2D eigenvalue weighted by atomic mass is 10.3. The van der Waals surface area contributed by atoms with Crippen molar-refractivity contribution in [1.29, 1.82) is 0 Å². The molecular weight excluding hydrogens is 439 g/mol. The molecule has 4 rings (SSSR count). The zero-order valence-electron chi connectivity index (χ0n) is 16.6. The lowest BCUT2D eigenvalue weighted by Crippen LogP contribution is -2.51. The van der Waals surface area contributed by atoms with E-state index < -0.39 is 0 Å². The fourth-order valence-corrected chi connectivity index (χ4v) is 4.30. The number of thiophene rings is 1. The van der Waals surface area contributed by atoms with E-state index in [9.17, 15) is 14.0 Å². The summed E-state index contributed by atoms with van der Waals surface area (Å²) in [6.07, 6.45) is 0. The first kappa shape index (κ1) is 21.3. The highest BCUT2D eigenvalue weighted by molar-refractivity contribution is 7.71. The normalized spacial score (nSPS) is 14.5. The molecule has 2 N–H and O–H groups in total. The smallest absolute Gasteiger partial charge is 0.242 e. The first-order valence-electron chi connectivity index (χ1n) is 9.74. The molecule has 11 heteroatoms. The van der Waals surface area contributed by atoms with Gasteiger partial charge in [0.1, 0.15) is 12.4 Å². The minimum atomic E-state index is -0.349. The van der Waals surface area contributed by atoms with Gasteiger partial charge >= 0.3 is 0 Å². The Labute approximate surface area is 187 Å². The second kappa shape index (κ2) is 9.50. The van der Waals surface area contributed by atoms with E-state index in [0.717, 1.165) is 4.88 Å². The number of hydrogen-bond acceptors (Lipinski definition) is 6. The molecule has 0 aliphatic carbocycles. The van der Waals surface area contributed by atoms with Crippen molar-refractivity contribution in [3.8, 4) is 10.7 Å². The van der Waals surface area contributed by atoms with Gasteiger partial charge in [-0.25, -0.2) is 4.39 Å². The van der Waals surface area contributed by atoms with Crippen LogP contribution in [0.3, 0.4) is 0 Å². The van der Waals surface area contributed by atoms with Crippen LogP contribution in [0, 0.1) is 10.6 Å². The minimum Gasteiger partial charge on any atom is -0.339 e. The van der Waals surface area contributed by atoms with Gasteiger partial charge in [-0.05, 0) is 47.9 Å². The summed E-state index contributed by atoms with van der Waals surface area (Å²) < 4.78 is 15.1. The van der Waals surface area contributed by atoms with E-state index in [-0.39, 0.29) is 30.7 Å². The van der Waals surface area contributed by atoms with Gasteiger partial charge in [0.15, 0.2) is 10.6 Å². The molecule has 0 bridgehead atoms. The Bertz CT molecular complexity index is 1100. The maximum atomic E-state index is 13.0. The largest absolute Gasteiger partial charge is 0.339 e. The number of anilines is 1. The molecule has 1 aliphatic rings. The van der Waals surface area contributed by atoms with Crippen molar-refractivity contribution in [2.75, 3.05) is 38.0 Å². The van der Waals surface area contributed by atoms with Gasteiger partial charge < -0.3 is 10.2 Å². The third kappa shape index (κ3) is 5.24. The Kier molecular flexibility index (Phi) is 6.54. The lowest BCUT2D eigenvalue weighted by Gasteiger charge is -2.34. The molecule has 2 amide bonds. The maximum absolute atomic E-state index is 13.0. The summed E-state index contributed by atoms with van der Waals surface area (Å²) in [4.78, 5) is 29.8. The van der Waals surface area contributed by atoms with E-state index in [4.69, 9.17) is 12.2 Å². The molecule has 162 valence electrons. The van der Waals surface area contributed by atoms with Gasteiger partial charge in [0.05, 0.1) is 11.4 Å². The van der Waals surface area contributed by atoms with Crippen LogP contribution in [0.1, 0.15) is 0 Å². The number of amides is 2. The fraction of sp³-hybridized carbons (Fsp3) is 0.300. The van der Waals surface area contributed by atoms with Crippen LogP contribution in [0.25, 0.3) is 10.7 Å². The summed E-state index contributed by atoms with van der Waals surface area (Å²) in [6, 6.07) is 9.51. The van der Waals surface area contributed by atoms with Crippen molar-refractivity contribution < 1.29 is 14.0 Å². The van der Waals surface area contributed by atoms with Crippen LogP contribution in [-0.4, -0.2) is 69.1 Å². The molecule has 0 spiro atoms. The van der Waals surface area contributed by atoms with E-state index in [1.807, 2.05) is 22.4 Å². The van der Waals surface area contributed by atoms with Gasteiger partial charge in [0.25, 0.3) is 0 Å². The maximum Gasteiger partial charge on any atom is 0.242 e. The predicted molar refractivity (Wildman–Crippen MR) is 119 cm³/mol. The Morgan fingerprint density at radius 2 is 1.87 bits per heavy atom. The molecule has 31 heavy (non-hydrogen) atoms. The monoisotopic (exact) mass is 460 g/mol. The lowest BCUT2D eigenvalue weighted by molar-refractivity contribution is -0.133. The molecule has 1 aliphatic heterocycles. The Hall–Kier alpha value is -2.89. The third-order valence-electron chi connectivity index (χ3n) is 5.01. The summed E-state index contributed by atoms with van der Waals surface area (Å²) in [5, 5.41) is 11.7. The number of aromatic nitrogens is 3. The molecule has 0 saturated carbocycles. The van der Waals surface area contributed by atoms with Crippen LogP contribution in [0.15, 0.2) is 41.8 Å². The SMILES string of the molecule is O=C(CN1CCN(C(=O)Cn2c(-c3cccs3)n[nH]c2=S)CC1)Nc1ccc(F)cc1. The number of nitrogens with one attached hydrogen (secondary N) is 2. The third-order valence-corrected chi connectivity index (χ3v) is 6.19. The standard InChI is InChI=1S/C20H21FN6O2S2/c21-14-3-5-15(6-4-14)22-17(28)12-25-7-9-26(10-8-25)18(29)13-27-19(23-24-20(27)30)16-2-1-11-31-16/h1-6,11H,7-10,12-13H2,(H,22,28)(H,24,30). The van der Waals surface area contributed by atoms with Crippen LogP contribution >= 0.6 is 23.6 Å². The molecule has 2 aromatic heterocycles. The van der Waals surface area contributed by atoms with E-state index in [2.05, 4.69) is 15.5 Å². The quantitative estimate of drug-likeness (QED) is 0.553. The average Bonchev–Trinajstić information content (AvgIpc) is 3.41. The summed E-state index contributed by atoms with van der Waals surface area (Å²) in [7, 11) is 0. The van der Waals surface area contributed by atoms with Gasteiger partial charge in [-0.1, -0.05) is 6.07 Å². The molecule has 0 atom stereocenters. The Morgan fingerprint density at radius 3 is 2.55 bits per heavy atom.